The lowest BCUT2D eigenvalue weighted by Crippen LogP contribution is -2.61. The van der Waals surface area contributed by atoms with Crippen molar-refractivity contribution in [2.24, 2.45) is 11.8 Å². The highest BCUT2D eigenvalue weighted by Gasteiger charge is 2.76. The molecule has 1 spiro atoms. The number of esters is 1. The van der Waals surface area contributed by atoms with Gasteiger partial charge in [0.1, 0.15) is 29.8 Å². The van der Waals surface area contributed by atoms with Crippen LogP contribution >= 0.6 is 0 Å². The van der Waals surface area contributed by atoms with Crippen LogP contribution in [0.25, 0.3) is 0 Å². The summed E-state index contributed by atoms with van der Waals surface area (Å²) in [5, 5.41) is 10.5. The zero-order valence-electron chi connectivity index (χ0n) is 21.9. The van der Waals surface area contributed by atoms with Crippen LogP contribution in [0.1, 0.15) is 39.7 Å². The number of benzene rings is 1. The number of ether oxygens (including phenoxy) is 2. The maximum atomic E-state index is 14.4. The molecule has 1 unspecified atom stereocenters. The van der Waals surface area contributed by atoms with Crippen LogP contribution in [-0.4, -0.2) is 81.3 Å². The Kier molecular flexibility index (Phi) is 6.31. The van der Waals surface area contributed by atoms with Crippen molar-refractivity contribution in [3.63, 3.8) is 0 Å². The van der Waals surface area contributed by atoms with E-state index in [0.29, 0.717) is 19.4 Å². The van der Waals surface area contributed by atoms with Crippen molar-refractivity contribution in [2.75, 3.05) is 19.8 Å². The molecular formula is C29H36N2O6. The summed E-state index contributed by atoms with van der Waals surface area (Å²) in [5.74, 6) is -2.95. The van der Waals surface area contributed by atoms with Gasteiger partial charge in [-0.2, -0.15) is 0 Å². The molecule has 4 heterocycles. The highest BCUT2D eigenvalue weighted by atomic mass is 16.6. The number of fused-ring (bicyclic) bond motifs is 2. The summed E-state index contributed by atoms with van der Waals surface area (Å²) in [7, 11) is 0. The molecule has 5 rings (SSSR count). The van der Waals surface area contributed by atoms with Crippen LogP contribution in [0.15, 0.2) is 54.6 Å². The molecule has 0 aliphatic carbocycles. The minimum absolute atomic E-state index is 0.112. The van der Waals surface area contributed by atoms with Crippen LogP contribution < -0.4 is 0 Å². The van der Waals surface area contributed by atoms with Gasteiger partial charge in [0.2, 0.25) is 11.8 Å². The Hall–Kier alpha value is -2.97. The first kappa shape index (κ1) is 25.7. The fourth-order valence-electron chi connectivity index (χ4n) is 6.67. The molecule has 4 aliphatic heterocycles. The Morgan fingerprint density at radius 3 is 2.43 bits per heavy atom. The number of cyclic esters (lactones) is 1. The Morgan fingerprint density at radius 1 is 1.05 bits per heavy atom. The van der Waals surface area contributed by atoms with E-state index in [2.05, 4.69) is 0 Å². The van der Waals surface area contributed by atoms with Crippen molar-refractivity contribution in [1.29, 1.82) is 0 Å². The van der Waals surface area contributed by atoms with Gasteiger partial charge in [0.05, 0.1) is 18.6 Å². The molecule has 4 aliphatic rings. The summed E-state index contributed by atoms with van der Waals surface area (Å²) in [5.41, 5.74) is -2.00. The Bertz CT molecular complexity index is 1140. The lowest BCUT2D eigenvalue weighted by Gasteiger charge is -2.43. The van der Waals surface area contributed by atoms with Crippen molar-refractivity contribution in [3.8, 4) is 0 Å². The zero-order valence-corrected chi connectivity index (χ0v) is 21.9. The number of nitrogens with zero attached hydrogens (tertiary/aromatic N) is 2. The van der Waals surface area contributed by atoms with E-state index in [0.717, 1.165) is 5.56 Å². The van der Waals surface area contributed by atoms with Gasteiger partial charge >= 0.3 is 5.97 Å². The topological polar surface area (TPSA) is 96.4 Å². The molecule has 0 aromatic heterocycles. The number of amides is 2. The summed E-state index contributed by atoms with van der Waals surface area (Å²) >= 11 is 0. The number of hydrogen-bond donors (Lipinski definition) is 1. The summed E-state index contributed by atoms with van der Waals surface area (Å²) in [6.07, 6.45) is 8.10. The van der Waals surface area contributed by atoms with Crippen molar-refractivity contribution in [1.82, 2.24) is 9.80 Å². The molecule has 8 heteroatoms. The molecule has 6 atom stereocenters. The van der Waals surface area contributed by atoms with Crippen molar-refractivity contribution in [2.45, 2.75) is 69.4 Å². The first-order valence-corrected chi connectivity index (χ1v) is 13.1. The van der Waals surface area contributed by atoms with E-state index in [-0.39, 0.29) is 25.0 Å². The van der Waals surface area contributed by atoms with Gasteiger partial charge in [-0.05, 0) is 45.3 Å². The molecule has 1 aromatic rings. The number of likely N-dealkylation sites (tertiary alicyclic amines) is 1. The highest BCUT2D eigenvalue weighted by Crippen LogP contribution is 2.59. The van der Waals surface area contributed by atoms with E-state index in [9.17, 15) is 19.5 Å². The lowest BCUT2D eigenvalue weighted by molar-refractivity contribution is -0.162. The molecular weight excluding hydrogens is 472 g/mol. The van der Waals surface area contributed by atoms with Gasteiger partial charge < -0.3 is 24.4 Å². The summed E-state index contributed by atoms with van der Waals surface area (Å²) < 4.78 is 12.3. The van der Waals surface area contributed by atoms with Crippen molar-refractivity contribution in [3.05, 3.63) is 60.2 Å². The molecule has 2 fully saturated rings. The molecule has 37 heavy (non-hydrogen) atoms. The standard InChI is InChI=1S/C29H36N2O6/c1-5-28-13-10-16-36-26(35)22(28)21-24(33)31(20(18-32)17-19-11-7-6-8-12-19)23-25(34)30(27(2,3)4)15-9-14-29(21,23)37-28/h6-14,20-23,32H,5,15-18H2,1-4H3/t20-,21+,22-,23?,28+,29+/m1/s1. The largest absolute Gasteiger partial charge is 0.461 e. The van der Waals surface area contributed by atoms with E-state index < -0.39 is 46.6 Å². The third kappa shape index (κ3) is 3.84. The predicted molar refractivity (Wildman–Crippen MR) is 136 cm³/mol. The molecule has 2 saturated heterocycles. The number of rotatable bonds is 5. The van der Waals surface area contributed by atoms with Gasteiger partial charge in [-0.15, -0.1) is 0 Å². The maximum absolute atomic E-state index is 14.4. The molecule has 0 radical (unpaired) electrons. The van der Waals surface area contributed by atoms with Crippen molar-refractivity contribution < 1.29 is 29.0 Å². The SMILES string of the molecule is CC[C@]12C=CCOC(=O)[C@H]1[C@H]1C(=O)N([C@@H](CO)Cc3ccccc3)C3C(=O)N(C(C)(C)C)CC=C[C@@]31O2. The van der Waals surface area contributed by atoms with E-state index in [1.807, 2.05) is 76.3 Å². The Balaban J connectivity index is 1.68. The minimum Gasteiger partial charge on any atom is -0.461 e. The second-order valence-electron chi connectivity index (χ2n) is 11.4. The van der Waals surface area contributed by atoms with Gasteiger partial charge in [0.15, 0.2) is 0 Å². The molecule has 8 nitrogen and oxygen atoms in total. The number of hydrogen-bond acceptors (Lipinski definition) is 6. The van der Waals surface area contributed by atoms with E-state index in [1.165, 1.54) is 4.90 Å². The molecule has 0 bridgehead atoms. The molecule has 0 saturated carbocycles. The van der Waals surface area contributed by atoms with Gasteiger partial charge in [-0.3, -0.25) is 14.4 Å². The lowest BCUT2D eigenvalue weighted by atomic mass is 9.73. The average Bonchev–Trinajstić information content (AvgIpc) is 3.14. The smallest absolute Gasteiger partial charge is 0.313 e. The van der Waals surface area contributed by atoms with Gasteiger partial charge in [-0.25, -0.2) is 0 Å². The third-order valence-corrected chi connectivity index (χ3v) is 8.36. The van der Waals surface area contributed by atoms with Crippen LogP contribution in [0.3, 0.4) is 0 Å². The second kappa shape index (κ2) is 9.10. The highest BCUT2D eigenvalue weighted by molar-refractivity contribution is 5.99. The molecule has 198 valence electrons. The number of aliphatic hydroxyl groups is 1. The van der Waals surface area contributed by atoms with Crippen LogP contribution in [0, 0.1) is 11.8 Å². The fraction of sp³-hybridized carbons (Fsp3) is 0.552. The molecule has 1 N–H and O–H groups in total. The van der Waals surface area contributed by atoms with Gasteiger partial charge in [0, 0.05) is 12.1 Å². The Morgan fingerprint density at radius 2 is 1.78 bits per heavy atom. The van der Waals surface area contributed by atoms with E-state index >= 15 is 0 Å². The minimum atomic E-state index is -1.36. The van der Waals surface area contributed by atoms with Crippen LogP contribution in [0.4, 0.5) is 0 Å². The number of aliphatic hydroxyl groups excluding tert-OH is 1. The van der Waals surface area contributed by atoms with Crippen LogP contribution in [0.2, 0.25) is 0 Å². The normalized spacial score (nSPS) is 34.0. The quantitative estimate of drug-likeness (QED) is 0.484. The first-order chi connectivity index (χ1) is 17.6. The second-order valence-corrected chi connectivity index (χ2v) is 11.4. The molecule has 2 amide bonds. The third-order valence-electron chi connectivity index (χ3n) is 8.36. The van der Waals surface area contributed by atoms with Crippen LogP contribution in [0.5, 0.6) is 0 Å². The Labute approximate surface area is 217 Å². The average molecular weight is 509 g/mol. The zero-order chi connectivity index (χ0) is 26.6. The van der Waals surface area contributed by atoms with E-state index in [1.54, 1.807) is 11.0 Å². The number of carbonyl (C=O) groups excluding carboxylic acids is 3. The fourth-order valence-corrected chi connectivity index (χ4v) is 6.67. The monoisotopic (exact) mass is 508 g/mol. The maximum Gasteiger partial charge on any atom is 0.313 e. The summed E-state index contributed by atoms with van der Waals surface area (Å²) in [4.78, 5) is 45.4. The van der Waals surface area contributed by atoms with Crippen molar-refractivity contribution >= 4 is 17.8 Å². The molecule has 1 aromatic carbocycles. The van der Waals surface area contributed by atoms with Gasteiger partial charge in [-0.1, -0.05) is 55.5 Å². The van der Waals surface area contributed by atoms with E-state index in [4.69, 9.17) is 9.47 Å². The summed E-state index contributed by atoms with van der Waals surface area (Å²) in [6, 6.07) is 7.88. The number of carbonyl (C=O) groups is 3. The summed E-state index contributed by atoms with van der Waals surface area (Å²) in [6.45, 7) is 7.91. The predicted octanol–water partition coefficient (Wildman–Crippen LogP) is 2.26. The first-order valence-electron chi connectivity index (χ1n) is 13.1. The van der Waals surface area contributed by atoms with Gasteiger partial charge in [0.25, 0.3) is 0 Å². The van der Waals surface area contributed by atoms with Crippen LogP contribution in [-0.2, 0) is 30.3 Å².